The number of benzene rings is 1. The van der Waals surface area contributed by atoms with E-state index in [1.165, 1.54) is 6.20 Å². The van der Waals surface area contributed by atoms with Gasteiger partial charge in [-0.2, -0.15) is 0 Å². The highest BCUT2D eigenvalue weighted by molar-refractivity contribution is 6.02. The lowest BCUT2D eigenvalue weighted by molar-refractivity contribution is -0.673. The van der Waals surface area contributed by atoms with Crippen molar-refractivity contribution in [1.29, 1.82) is 0 Å². The maximum absolute atomic E-state index is 11.0. The van der Waals surface area contributed by atoms with Crippen LogP contribution in [0.4, 0.5) is 0 Å². The van der Waals surface area contributed by atoms with Gasteiger partial charge in [0, 0.05) is 5.39 Å². The van der Waals surface area contributed by atoms with Gasteiger partial charge in [0.05, 0.1) is 22.2 Å². The molecular formula is C10H6N4O. The zero-order chi connectivity index (χ0) is 10.3. The van der Waals surface area contributed by atoms with Crippen molar-refractivity contribution in [3.05, 3.63) is 41.9 Å². The molecule has 72 valence electrons. The third kappa shape index (κ3) is 1.17. The molecule has 0 unspecified atom stereocenters. The summed E-state index contributed by atoms with van der Waals surface area (Å²) in [5.41, 5.74) is 1.47. The van der Waals surface area contributed by atoms with E-state index in [0.717, 1.165) is 16.3 Å². The minimum Gasteiger partial charge on any atom is -0.691 e. The molecule has 2 heterocycles. The number of aromatic nitrogens is 4. The summed E-state index contributed by atoms with van der Waals surface area (Å²) in [6.45, 7) is 0. The minimum atomic E-state index is 0.453. The first kappa shape index (κ1) is 8.05. The lowest BCUT2D eigenvalue weighted by Crippen LogP contribution is -2.31. The Morgan fingerprint density at radius 2 is 1.93 bits per heavy atom. The van der Waals surface area contributed by atoms with E-state index in [9.17, 15) is 5.21 Å². The predicted molar refractivity (Wildman–Crippen MR) is 53.8 cm³/mol. The molecule has 5 heteroatoms. The fourth-order valence-corrected chi connectivity index (χ4v) is 1.60. The topological polar surface area (TPSA) is 65.6 Å². The molecule has 3 aromatic rings. The minimum absolute atomic E-state index is 0.453. The number of rotatable bonds is 0. The Hall–Kier alpha value is -2.30. The third-order valence-electron chi connectivity index (χ3n) is 2.28. The Morgan fingerprint density at radius 3 is 2.87 bits per heavy atom. The summed E-state index contributed by atoms with van der Waals surface area (Å²) in [4.78, 5) is 4.68. The quantitative estimate of drug-likeness (QED) is 0.304. The van der Waals surface area contributed by atoms with Crippen LogP contribution in [-0.2, 0) is 0 Å². The van der Waals surface area contributed by atoms with Crippen LogP contribution in [0.1, 0.15) is 0 Å². The molecule has 0 amide bonds. The fourth-order valence-electron chi connectivity index (χ4n) is 1.60. The molecule has 0 atom stereocenters. The first-order chi connectivity index (χ1) is 7.34. The molecule has 0 aliphatic heterocycles. The second-order valence-electron chi connectivity index (χ2n) is 3.20. The van der Waals surface area contributed by atoms with Crippen LogP contribution < -0.4 is 4.85 Å². The van der Waals surface area contributed by atoms with Crippen LogP contribution in [0.25, 0.3) is 21.8 Å². The number of hydrogen-bond donors (Lipinski definition) is 0. The fraction of sp³-hybridized carbons (Fsp3) is 0. The Bertz CT molecular complexity index is 653. The molecule has 3 rings (SSSR count). The number of fused-ring (bicyclic) bond motifs is 3. The van der Waals surface area contributed by atoms with E-state index in [1.54, 1.807) is 6.20 Å². The predicted octanol–water partition coefficient (Wildman–Crippen LogP) is 0.811. The molecule has 0 aliphatic rings. The summed E-state index contributed by atoms with van der Waals surface area (Å²) < 4.78 is 0. The van der Waals surface area contributed by atoms with Crippen molar-refractivity contribution in [2.24, 2.45) is 0 Å². The van der Waals surface area contributed by atoms with Crippen molar-refractivity contribution in [3.63, 3.8) is 0 Å². The highest BCUT2D eigenvalue weighted by Crippen LogP contribution is 2.19. The molecular weight excluding hydrogens is 192 g/mol. The standard InChI is InChI=1S/C10H6N4O/c15-14-6-8-7-3-1-2-4-9(7)11-5-10(8)12-13-14/h1-6H. The molecule has 0 N–H and O–H groups in total. The van der Waals surface area contributed by atoms with Gasteiger partial charge < -0.3 is 5.21 Å². The summed E-state index contributed by atoms with van der Waals surface area (Å²) >= 11 is 0. The van der Waals surface area contributed by atoms with Crippen LogP contribution in [-0.4, -0.2) is 15.3 Å². The van der Waals surface area contributed by atoms with Gasteiger partial charge in [0.1, 0.15) is 11.4 Å². The van der Waals surface area contributed by atoms with E-state index < -0.39 is 0 Å². The van der Waals surface area contributed by atoms with Crippen LogP contribution in [0.15, 0.2) is 36.7 Å². The summed E-state index contributed by atoms with van der Waals surface area (Å²) in [6, 6.07) is 7.61. The summed E-state index contributed by atoms with van der Waals surface area (Å²) in [5.74, 6) is 0. The molecule has 1 aromatic carbocycles. The van der Waals surface area contributed by atoms with Gasteiger partial charge in [0.25, 0.3) is 0 Å². The van der Waals surface area contributed by atoms with Crippen LogP contribution >= 0.6 is 0 Å². The highest BCUT2D eigenvalue weighted by Gasteiger charge is 2.07. The van der Waals surface area contributed by atoms with Crippen LogP contribution in [0.2, 0.25) is 0 Å². The van der Waals surface area contributed by atoms with E-state index in [4.69, 9.17) is 0 Å². The van der Waals surface area contributed by atoms with Crippen LogP contribution in [0, 0.1) is 5.21 Å². The van der Waals surface area contributed by atoms with E-state index in [2.05, 4.69) is 15.3 Å². The molecule has 0 saturated heterocycles. The molecule has 15 heavy (non-hydrogen) atoms. The van der Waals surface area contributed by atoms with Gasteiger partial charge in [0.15, 0.2) is 0 Å². The van der Waals surface area contributed by atoms with Gasteiger partial charge in [-0.05, 0) is 6.07 Å². The maximum Gasteiger partial charge on any atom is 0.233 e. The van der Waals surface area contributed by atoms with E-state index in [-0.39, 0.29) is 0 Å². The van der Waals surface area contributed by atoms with Crippen molar-refractivity contribution < 1.29 is 4.85 Å². The van der Waals surface area contributed by atoms with Crippen LogP contribution in [0.5, 0.6) is 0 Å². The smallest absolute Gasteiger partial charge is 0.233 e. The molecule has 2 aromatic heterocycles. The van der Waals surface area contributed by atoms with Gasteiger partial charge >= 0.3 is 0 Å². The molecule has 0 fully saturated rings. The Labute approximate surface area is 84.6 Å². The zero-order valence-electron chi connectivity index (χ0n) is 7.66. The molecule has 0 spiro atoms. The van der Waals surface area contributed by atoms with Gasteiger partial charge in [0.2, 0.25) is 5.52 Å². The van der Waals surface area contributed by atoms with Crippen molar-refractivity contribution in [1.82, 2.24) is 15.3 Å². The Morgan fingerprint density at radius 1 is 1.07 bits per heavy atom. The van der Waals surface area contributed by atoms with Gasteiger partial charge in [-0.3, -0.25) is 4.98 Å². The SMILES string of the molecule is [O-][n+]1cc2c(cnc3ccccc32)nn1. The average molecular weight is 198 g/mol. The second-order valence-corrected chi connectivity index (χ2v) is 3.20. The molecule has 5 nitrogen and oxygen atoms in total. The van der Waals surface area contributed by atoms with Gasteiger partial charge in [-0.25, -0.2) is 0 Å². The zero-order valence-corrected chi connectivity index (χ0v) is 7.66. The average Bonchev–Trinajstić information content (AvgIpc) is 2.29. The van der Waals surface area contributed by atoms with Crippen molar-refractivity contribution >= 4 is 21.8 Å². The Balaban J connectivity index is 2.57. The van der Waals surface area contributed by atoms with Crippen LogP contribution in [0.3, 0.4) is 0 Å². The third-order valence-corrected chi connectivity index (χ3v) is 2.28. The number of para-hydroxylation sites is 1. The highest BCUT2D eigenvalue weighted by atomic mass is 16.5. The molecule has 0 aliphatic carbocycles. The monoisotopic (exact) mass is 198 g/mol. The Kier molecular flexibility index (Phi) is 1.53. The van der Waals surface area contributed by atoms with Gasteiger partial charge in [-0.15, -0.1) is 4.85 Å². The van der Waals surface area contributed by atoms with E-state index >= 15 is 0 Å². The van der Waals surface area contributed by atoms with Crippen molar-refractivity contribution in [2.45, 2.75) is 0 Å². The first-order valence-electron chi connectivity index (χ1n) is 4.45. The molecule has 0 radical (unpaired) electrons. The lowest BCUT2D eigenvalue weighted by Gasteiger charge is -2.00. The molecule has 0 bridgehead atoms. The normalized spacial score (nSPS) is 10.9. The number of hydrogen-bond acceptors (Lipinski definition) is 4. The first-order valence-corrected chi connectivity index (χ1v) is 4.45. The number of pyridine rings is 1. The summed E-state index contributed by atoms with van der Waals surface area (Å²) in [7, 11) is 0. The summed E-state index contributed by atoms with van der Waals surface area (Å²) in [5, 5.41) is 19.9. The second kappa shape index (κ2) is 2.84. The number of nitrogens with zero attached hydrogens (tertiary/aromatic N) is 4. The van der Waals surface area contributed by atoms with Crippen molar-refractivity contribution in [3.8, 4) is 0 Å². The van der Waals surface area contributed by atoms with Crippen molar-refractivity contribution in [2.75, 3.05) is 0 Å². The van der Waals surface area contributed by atoms with Gasteiger partial charge in [-0.1, -0.05) is 18.2 Å². The molecule has 0 saturated carbocycles. The maximum atomic E-state index is 11.0. The largest absolute Gasteiger partial charge is 0.691 e. The summed E-state index contributed by atoms with van der Waals surface area (Å²) in [6.07, 6.45) is 3.02. The van der Waals surface area contributed by atoms with E-state index in [0.29, 0.717) is 10.4 Å². The lowest BCUT2D eigenvalue weighted by atomic mass is 10.1. The van der Waals surface area contributed by atoms with E-state index in [1.807, 2.05) is 24.3 Å².